The van der Waals surface area contributed by atoms with Gasteiger partial charge in [-0.2, -0.15) is 4.99 Å². The molecular formula is C20H18Cl2N2O5S2. The average molecular weight is 501 g/mol. The number of nitrogens with zero attached hydrogens (tertiary/aromatic N) is 2. The molecule has 164 valence electrons. The molecule has 2 aliphatic rings. The summed E-state index contributed by atoms with van der Waals surface area (Å²) in [6, 6.07) is 11.5. The monoisotopic (exact) mass is 500 g/mol. The molecule has 0 unspecified atom stereocenters. The van der Waals surface area contributed by atoms with E-state index in [1.54, 1.807) is 47.4 Å². The number of benzene rings is 2. The van der Waals surface area contributed by atoms with Gasteiger partial charge in [0.05, 0.1) is 29.7 Å². The van der Waals surface area contributed by atoms with Crippen LogP contribution in [-0.4, -0.2) is 56.0 Å². The van der Waals surface area contributed by atoms with Crippen molar-refractivity contribution >= 4 is 61.6 Å². The van der Waals surface area contributed by atoms with Gasteiger partial charge >= 0.3 is 0 Å². The van der Waals surface area contributed by atoms with Crippen LogP contribution in [0.25, 0.3) is 0 Å². The van der Waals surface area contributed by atoms with Crippen LogP contribution in [0.2, 0.25) is 10.0 Å². The molecule has 2 aromatic rings. The number of amidine groups is 1. The second kappa shape index (κ2) is 8.90. The van der Waals surface area contributed by atoms with E-state index in [-0.39, 0.29) is 29.4 Å². The standard InChI is InChI=1S/C20H18Cl2N2O5S2/c1-28-17-7-4-13(8-15(17)22)24-16-10-31(26,27)11-18(16)30-20(24)23-19(25)9-29-14-5-2-12(21)3-6-14/h2-8,16,18H,9-11H2,1H3/t16-,18+/m0/s1. The topological polar surface area (TPSA) is 85.3 Å². The number of sulfone groups is 1. The van der Waals surface area contributed by atoms with Gasteiger partial charge in [0.1, 0.15) is 11.5 Å². The maximum atomic E-state index is 12.5. The molecular weight excluding hydrogens is 483 g/mol. The van der Waals surface area contributed by atoms with E-state index in [4.69, 9.17) is 32.7 Å². The third-order valence-electron chi connectivity index (χ3n) is 4.88. The van der Waals surface area contributed by atoms with Crippen molar-refractivity contribution in [3.05, 3.63) is 52.5 Å². The molecule has 31 heavy (non-hydrogen) atoms. The molecule has 0 bridgehead atoms. The highest BCUT2D eigenvalue weighted by Crippen LogP contribution is 2.42. The molecule has 11 heteroatoms. The molecule has 1 amide bonds. The van der Waals surface area contributed by atoms with Crippen molar-refractivity contribution < 1.29 is 22.7 Å². The van der Waals surface area contributed by atoms with E-state index in [9.17, 15) is 13.2 Å². The van der Waals surface area contributed by atoms with Crippen LogP contribution >= 0.6 is 35.0 Å². The van der Waals surface area contributed by atoms with E-state index in [0.29, 0.717) is 32.4 Å². The first-order chi connectivity index (χ1) is 14.8. The number of rotatable bonds is 5. The molecule has 0 aliphatic carbocycles. The number of aliphatic imine (C=N–C) groups is 1. The van der Waals surface area contributed by atoms with Crippen molar-refractivity contribution in [2.45, 2.75) is 11.3 Å². The first kappa shape index (κ1) is 22.3. The Hall–Kier alpha value is -1.94. The molecule has 2 saturated heterocycles. The number of fused-ring (bicyclic) bond motifs is 1. The number of hydrogen-bond acceptors (Lipinski definition) is 6. The van der Waals surface area contributed by atoms with Gasteiger partial charge in [-0.25, -0.2) is 8.42 Å². The summed E-state index contributed by atoms with van der Waals surface area (Å²) in [5, 5.41) is 1.16. The number of hydrogen-bond donors (Lipinski definition) is 0. The van der Waals surface area contributed by atoms with E-state index in [0.717, 1.165) is 0 Å². The Kier molecular flexibility index (Phi) is 6.39. The Morgan fingerprint density at radius 2 is 1.94 bits per heavy atom. The smallest absolute Gasteiger partial charge is 0.285 e. The van der Waals surface area contributed by atoms with E-state index in [1.165, 1.54) is 18.9 Å². The van der Waals surface area contributed by atoms with Gasteiger partial charge in [-0.3, -0.25) is 4.79 Å². The molecule has 2 aliphatic heterocycles. The van der Waals surface area contributed by atoms with Crippen LogP contribution in [0.15, 0.2) is 47.5 Å². The molecule has 0 radical (unpaired) electrons. The van der Waals surface area contributed by atoms with E-state index < -0.39 is 15.7 Å². The van der Waals surface area contributed by atoms with Crippen molar-refractivity contribution in [3.8, 4) is 11.5 Å². The minimum Gasteiger partial charge on any atom is -0.495 e. The molecule has 7 nitrogen and oxygen atoms in total. The highest BCUT2D eigenvalue weighted by Gasteiger charge is 2.49. The fraction of sp³-hybridized carbons (Fsp3) is 0.300. The van der Waals surface area contributed by atoms with Gasteiger partial charge in [-0.1, -0.05) is 35.0 Å². The zero-order valence-electron chi connectivity index (χ0n) is 16.3. The summed E-state index contributed by atoms with van der Waals surface area (Å²) in [5.74, 6) is 0.544. The average Bonchev–Trinajstić information content (AvgIpc) is 3.18. The minimum absolute atomic E-state index is 0.0111. The molecule has 0 spiro atoms. The summed E-state index contributed by atoms with van der Waals surface area (Å²) in [6.07, 6.45) is 0. The predicted molar refractivity (Wildman–Crippen MR) is 124 cm³/mol. The number of methoxy groups -OCH3 is 1. The van der Waals surface area contributed by atoms with Gasteiger partial charge in [-0.05, 0) is 42.5 Å². The summed E-state index contributed by atoms with van der Waals surface area (Å²) in [6.45, 7) is -0.253. The Bertz CT molecular complexity index is 1140. The molecule has 0 N–H and O–H groups in total. The van der Waals surface area contributed by atoms with Crippen molar-refractivity contribution in [1.29, 1.82) is 0 Å². The number of carbonyl (C=O) groups is 1. The second-order valence-corrected chi connectivity index (χ2v) is 11.2. The third kappa shape index (κ3) is 4.95. The van der Waals surface area contributed by atoms with Gasteiger partial charge in [0, 0.05) is 16.0 Å². The maximum Gasteiger partial charge on any atom is 0.285 e. The second-order valence-electron chi connectivity index (χ2n) is 7.02. The van der Waals surface area contributed by atoms with E-state index >= 15 is 0 Å². The lowest BCUT2D eigenvalue weighted by atomic mass is 10.2. The Balaban J connectivity index is 1.58. The predicted octanol–water partition coefficient (Wildman–Crippen LogP) is 3.68. The normalized spacial score (nSPS) is 23.1. The number of carbonyl (C=O) groups excluding carboxylic acids is 1. The van der Waals surface area contributed by atoms with Gasteiger partial charge in [0.2, 0.25) is 0 Å². The molecule has 2 fully saturated rings. The number of amides is 1. The molecule has 4 rings (SSSR count). The fourth-order valence-electron chi connectivity index (χ4n) is 3.49. The molecule has 2 heterocycles. The largest absolute Gasteiger partial charge is 0.495 e. The Labute approximate surface area is 194 Å². The summed E-state index contributed by atoms with van der Waals surface area (Å²) in [7, 11) is -1.65. The van der Waals surface area contributed by atoms with Crippen LogP contribution in [0.5, 0.6) is 11.5 Å². The fourth-order valence-corrected chi connectivity index (χ4v) is 7.80. The van der Waals surface area contributed by atoms with Crippen LogP contribution in [-0.2, 0) is 14.6 Å². The summed E-state index contributed by atoms with van der Waals surface area (Å²) in [5.41, 5.74) is 0.646. The summed E-state index contributed by atoms with van der Waals surface area (Å²) < 4.78 is 35.0. The van der Waals surface area contributed by atoms with Crippen LogP contribution in [0.1, 0.15) is 0 Å². The molecule has 2 atom stereocenters. The number of anilines is 1. The van der Waals surface area contributed by atoms with Gasteiger partial charge < -0.3 is 14.4 Å². The van der Waals surface area contributed by atoms with Crippen molar-refractivity contribution in [2.75, 3.05) is 30.1 Å². The first-order valence-corrected chi connectivity index (χ1v) is 12.7. The van der Waals surface area contributed by atoms with E-state index in [2.05, 4.69) is 4.99 Å². The minimum atomic E-state index is -3.17. The van der Waals surface area contributed by atoms with Gasteiger partial charge in [0.25, 0.3) is 5.91 Å². The number of thioether (sulfide) groups is 1. The van der Waals surface area contributed by atoms with Gasteiger partial charge in [-0.15, -0.1) is 0 Å². The van der Waals surface area contributed by atoms with Crippen molar-refractivity contribution in [3.63, 3.8) is 0 Å². The number of ether oxygens (including phenoxy) is 2. The lowest BCUT2D eigenvalue weighted by molar-refractivity contribution is -0.119. The molecule has 0 saturated carbocycles. The lowest BCUT2D eigenvalue weighted by Crippen LogP contribution is -2.37. The Morgan fingerprint density at radius 1 is 1.19 bits per heavy atom. The van der Waals surface area contributed by atoms with Crippen molar-refractivity contribution in [2.24, 2.45) is 4.99 Å². The highest BCUT2D eigenvalue weighted by molar-refractivity contribution is 8.16. The summed E-state index contributed by atoms with van der Waals surface area (Å²) >= 11 is 13.4. The quantitative estimate of drug-likeness (QED) is 0.618. The van der Waals surface area contributed by atoms with Crippen LogP contribution < -0.4 is 14.4 Å². The summed E-state index contributed by atoms with van der Waals surface area (Å²) in [4.78, 5) is 18.5. The Morgan fingerprint density at radius 3 is 2.61 bits per heavy atom. The molecule has 0 aromatic heterocycles. The zero-order valence-corrected chi connectivity index (χ0v) is 19.5. The zero-order chi connectivity index (χ0) is 22.2. The van der Waals surface area contributed by atoms with Crippen molar-refractivity contribution in [1.82, 2.24) is 0 Å². The number of halogens is 2. The van der Waals surface area contributed by atoms with Crippen LogP contribution in [0.3, 0.4) is 0 Å². The maximum absolute atomic E-state index is 12.5. The van der Waals surface area contributed by atoms with Gasteiger partial charge in [0.15, 0.2) is 21.6 Å². The first-order valence-electron chi connectivity index (χ1n) is 9.25. The van der Waals surface area contributed by atoms with E-state index in [1.807, 2.05) is 0 Å². The third-order valence-corrected chi connectivity index (χ3v) is 8.63. The molecule has 2 aromatic carbocycles. The lowest BCUT2D eigenvalue weighted by Gasteiger charge is -2.25. The van der Waals surface area contributed by atoms with Crippen LogP contribution in [0, 0.1) is 0 Å². The van der Waals surface area contributed by atoms with Crippen LogP contribution in [0.4, 0.5) is 5.69 Å². The highest BCUT2D eigenvalue weighted by atomic mass is 35.5. The SMILES string of the molecule is COc1ccc(N2C(=NC(=O)COc3ccc(Cl)cc3)S[C@@H]3CS(=O)(=O)C[C@@H]32)cc1Cl.